The van der Waals surface area contributed by atoms with E-state index in [-0.39, 0.29) is 0 Å². The van der Waals surface area contributed by atoms with Crippen molar-refractivity contribution in [2.24, 2.45) is 0 Å². The second-order valence-corrected chi connectivity index (χ2v) is 4.93. The lowest BCUT2D eigenvalue weighted by atomic mass is 9.95. The van der Waals surface area contributed by atoms with Gasteiger partial charge in [0.15, 0.2) is 0 Å². The molecule has 0 bridgehead atoms. The van der Waals surface area contributed by atoms with Gasteiger partial charge in [0, 0.05) is 17.6 Å². The first kappa shape index (κ1) is 10.7. The summed E-state index contributed by atoms with van der Waals surface area (Å²) in [6.45, 7) is 2.05. The Morgan fingerprint density at radius 2 is 2.00 bits per heavy atom. The molecular weight excluding hydrogens is 208 g/mol. The Morgan fingerprint density at radius 1 is 1.27 bits per heavy atom. The zero-order chi connectivity index (χ0) is 10.7. The van der Waals surface area contributed by atoms with Gasteiger partial charge in [0.1, 0.15) is 5.82 Å². The van der Waals surface area contributed by atoms with Gasteiger partial charge in [-0.2, -0.15) is 0 Å². The van der Waals surface area contributed by atoms with Crippen LogP contribution in [0.15, 0.2) is 18.3 Å². The minimum Gasteiger partial charge on any atom is -0.367 e. The molecule has 1 aromatic rings. The first-order valence-electron chi connectivity index (χ1n) is 5.57. The second-order valence-electron chi connectivity index (χ2n) is 4.31. The molecule has 2 nitrogen and oxygen atoms in total. The Labute approximate surface area is 96.1 Å². The van der Waals surface area contributed by atoms with Crippen LogP contribution in [0.4, 0.5) is 5.82 Å². The zero-order valence-electron chi connectivity index (χ0n) is 9.04. The average molecular weight is 225 g/mol. The Hall–Kier alpha value is -0.760. The smallest absolute Gasteiger partial charge is 0.126 e. The fourth-order valence-corrected chi connectivity index (χ4v) is 2.21. The number of nitrogens with zero attached hydrogens (tertiary/aromatic N) is 1. The Kier molecular flexibility index (Phi) is 3.47. The van der Waals surface area contributed by atoms with Crippen molar-refractivity contribution in [2.45, 2.75) is 44.0 Å². The fourth-order valence-electron chi connectivity index (χ4n) is 1.96. The minimum absolute atomic E-state index is 0.383. The summed E-state index contributed by atoms with van der Waals surface area (Å²) in [7, 11) is 0. The van der Waals surface area contributed by atoms with Crippen LogP contribution < -0.4 is 5.32 Å². The molecule has 1 aromatic heterocycles. The van der Waals surface area contributed by atoms with E-state index in [2.05, 4.69) is 23.3 Å². The topological polar surface area (TPSA) is 24.9 Å². The molecular formula is C12H17ClN2. The first-order valence-corrected chi connectivity index (χ1v) is 6.01. The highest BCUT2D eigenvalue weighted by Gasteiger charge is 2.19. The van der Waals surface area contributed by atoms with Crippen molar-refractivity contribution in [3.05, 3.63) is 23.9 Å². The maximum atomic E-state index is 6.06. The highest BCUT2D eigenvalue weighted by molar-refractivity contribution is 6.20. The fraction of sp³-hybridized carbons (Fsp3) is 0.583. The molecule has 1 N–H and O–H groups in total. The van der Waals surface area contributed by atoms with Crippen LogP contribution in [0.1, 0.15) is 31.2 Å². The number of nitrogens with one attached hydrogen (secondary N) is 1. The highest BCUT2D eigenvalue weighted by atomic mass is 35.5. The summed E-state index contributed by atoms with van der Waals surface area (Å²) in [4.78, 5) is 4.35. The molecule has 1 aliphatic rings. The number of pyridine rings is 1. The molecule has 0 aromatic carbocycles. The van der Waals surface area contributed by atoms with Gasteiger partial charge in [-0.3, -0.25) is 0 Å². The molecule has 0 saturated heterocycles. The van der Waals surface area contributed by atoms with E-state index in [0.29, 0.717) is 11.4 Å². The van der Waals surface area contributed by atoms with E-state index >= 15 is 0 Å². The number of alkyl halides is 1. The molecule has 1 heterocycles. The molecule has 15 heavy (non-hydrogen) atoms. The molecule has 0 amide bonds. The van der Waals surface area contributed by atoms with Crippen LogP contribution in [-0.4, -0.2) is 16.4 Å². The monoisotopic (exact) mass is 224 g/mol. The molecule has 82 valence electrons. The van der Waals surface area contributed by atoms with Gasteiger partial charge in [-0.1, -0.05) is 6.07 Å². The molecule has 1 fully saturated rings. The summed E-state index contributed by atoms with van der Waals surface area (Å²) in [5.41, 5.74) is 1.20. The number of aromatic nitrogens is 1. The van der Waals surface area contributed by atoms with E-state index in [4.69, 9.17) is 11.6 Å². The van der Waals surface area contributed by atoms with Gasteiger partial charge in [0.05, 0.1) is 0 Å². The molecule has 0 spiro atoms. The van der Waals surface area contributed by atoms with Crippen LogP contribution in [0.5, 0.6) is 0 Å². The summed E-state index contributed by atoms with van der Waals surface area (Å²) in [6.07, 6.45) is 6.44. The molecule has 1 saturated carbocycles. The van der Waals surface area contributed by atoms with Crippen molar-refractivity contribution in [3.63, 3.8) is 0 Å². The Morgan fingerprint density at radius 3 is 2.60 bits per heavy atom. The molecule has 2 rings (SSSR count). The lowest BCUT2D eigenvalue weighted by molar-refractivity contribution is 0.467. The van der Waals surface area contributed by atoms with E-state index in [1.807, 2.05) is 12.3 Å². The summed E-state index contributed by atoms with van der Waals surface area (Å²) in [5.74, 6) is 0.985. The van der Waals surface area contributed by atoms with Gasteiger partial charge in [0.25, 0.3) is 0 Å². The lowest BCUT2D eigenvalue weighted by Crippen LogP contribution is -2.26. The van der Waals surface area contributed by atoms with Crippen molar-refractivity contribution < 1.29 is 0 Å². The van der Waals surface area contributed by atoms with Gasteiger partial charge in [0.2, 0.25) is 0 Å². The Balaban J connectivity index is 1.89. The number of aryl methyl sites for hydroxylation is 1. The SMILES string of the molecule is Cc1ccc(NC2CCC(Cl)CC2)nc1. The number of hydrogen-bond donors (Lipinski definition) is 1. The molecule has 0 aliphatic heterocycles. The van der Waals surface area contributed by atoms with Crippen molar-refractivity contribution in [3.8, 4) is 0 Å². The van der Waals surface area contributed by atoms with Crippen LogP contribution in [0.3, 0.4) is 0 Å². The Bertz CT molecular complexity index is 302. The number of anilines is 1. The first-order chi connectivity index (χ1) is 7.24. The van der Waals surface area contributed by atoms with Gasteiger partial charge < -0.3 is 5.32 Å². The van der Waals surface area contributed by atoms with Crippen molar-refractivity contribution in [1.29, 1.82) is 0 Å². The molecule has 1 aliphatic carbocycles. The largest absolute Gasteiger partial charge is 0.367 e. The average Bonchev–Trinajstić information content (AvgIpc) is 2.25. The van der Waals surface area contributed by atoms with E-state index in [1.54, 1.807) is 0 Å². The maximum absolute atomic E-state index is 6.06. The predicted octanol–water partition coefficient (Wildman–Crippen LogP) is 3.35. The third kappa shape index (κ3) is 3.10. The van der Waals surface area contributed by atoms with Gasteiger partial charge >= 0.3 is 0 Å². The van der Waals surface area contributed by atoms with Gasteiger partial charge in [-0.15, -0.1) is 11.6 Å². The van der Waals surface area contributed by atoms with Crippen LogP contribution in [0.2, 0.25) is 0 Å². The second kappa shape index (κ2) is 4.84. The lowest BCUT2D eigenvalue weighted by Gasteiger charge is -2.26. The van der Waals surface area contributed by atoms with Crippen LogP contribution in [0.25, 0.3) is 0 Å². The van der Waals surface area contributed by atoms with Crippen LogP contribution in [0, 0.1) is 6.92 Å². The van der Waals surface area contributed by atoms with Gasteiger partial charge in [-0.25, -0.2) is 4.98 Å². The number of hydrogen-bond acceptors (Lipinski definition) is 2. The highest BCUT2D eigenvalue weighted by Crippen LogP contribution is 2.24. The zero-order valence-corrected chi connectivity index (χ0v) is 9.80. The standard InChI is InChI=1S/C12H17ClN2/c1-9-2-7-12(14-8-9)15-11-5-3-10(13)4-6-11/h2,7-8,10-11H,3-6H2,1H3,(H,14,15). The molecule has 0 unspecified atom stereocenters. The third-order valence-corrected chi connectivity index (χ3v) is 3.36. The van der Waals surface area contributed by atoms with Crippen molar-refractivity contribution in [1.82, 2.24) is 4.98 Å². The van der Waals surface area contributed by atoms with Crippen molar-refractivity contribution in [2.75, 3.05) is 5.32 Å². The quantitative estimate of drug-likeness (QED) is 0.780. The van der Waals surface area contributed by atoms with E-state index < -0.39 is 0 Å². The number of halogens is 1. The maximum Gasteiger partial charge on any atom is 0.126 e. The number of rotatable bonds is 2. The summed E-state index contributed by atoms with van der Waals surface area (Å²) in [5, 5.41) is 3.84. The van der Waals surface area contributed by atoms with E-state index in [1.165, 1.54) is 5.56 Å². The van der Waals surface area contributed by atoms with Gasteiger partial charge in [-0.05, 0) is 44.2 Å². The van der Waals surface area contributed by atoms with Crippen LogP contribution >= 0.6 is 11.6 Å². The molecule has 0 atom stereocenters. The van der Waals surface area contributed by atoms with E-state index in [9.17, 15) is 0 Å². The van der Waals surface area contributed by atoms with Crippen LogP contribution in [-0.2, 0) is 0 Å². The normalized spacial score (nSPS) is 26.3. The predicted molar refractivity (Wildman–Crippen MR) is 64.5 cm³/mol. The minimum atomic E-state index is 0.383. The summed E-state index contributed by atoms with van der Waals surface area (Å²) in [6, 6.07) is 4.68. The summed E-state index contributed by atoms with van der Waals surface area (Å²) >= 11 is 6.06. The summed E-state index contributed by atoms with van der Waals surface area (Å²) < 4.78 is 0. The van der Waals surface area contributed by atoms with E-state index in [0.717, 1.165) is 31.5 Å². The molecule has 3 heteroatoms. The van der Waals surface area contributed by atoms with Crippen molar-refractivity contribution >= 4 is 17.4 Å². The molecule has 0 radical (unpaired) electrons. The third-order valence-electron chi connectivity index (χ3n) is 2.92.